The molecule has 0 aliphatic carbocycles. The van der Waals surface area contributed by atoms with E-state index in [1.165, 1.54) is 0 Å². The van der Waals surface area contributed by atoms with Crippen LogP contribution in [0.5, 0.6) is 0 Å². The zero-order valence-electron chi connectivity index (χ0n) is 9.97. The minimum Gasteiger partial charge on any atom is -0.308 e. The van der Waals surface area contributed by atoms with Crippen LogP contribution in [-0.2, 0) is 0 Å². The second-order valence-corrected chi connectivity index (χ2v) is 4.34. The van der Waals surface area contributed by atoms with E-state index < -0.39 is 0 Å². The Labute approximate surface area is 91.7 Å². The van der Waals surface area contributed by atoms with E-state index in [-0.39, 0.29) is 11.9 Å². The van der Waals surface area contributed by atoms with Gasteiger partial charge in [0, 0.05) is 12.1 Å². The zero-order valence-corrected chi connectivity index (χ0v) is 9.97. The van der Waals surface area contributed by atoms with Crippen LogP contribution in [0.15, 0.2) is 18.2 Å². The van der Waals surface area contributed by atoms with Crippen LogP contribution in [-0.4, -0.2) is 6.04 Å². The monoisotopic (exact) mass is 209 g/mol. The van der Waals surface area contributed by atoms with Gasteiger partial charge in [-0.15, -0.1) is 0 Å². The highest BCUT2D eigenvalue weighted by Crippen LogP contribution is 2.19. The van der Waals surface area contributed by atoms with E-state index >= 15 is 0 Å². The largest absolute Gasteiger partial charge is 0.308 e. The molecule has 1 N–H and O–H groups in total. The first kappa shape index (κ1) is 12.2. The molecule has 0 radical (unpaired) electrons. The molecule has 84 valence electrons. The quantitative estimate of drug-likeness (QED) is 0.799. The maximum atomic E-state index is 13.2. The predicted molar refractivity (Wildman–Crippen MR) is 62.4 cm³/mol. The number of hydrogen-bond donors (Lipinski definition) is 1. The minimum atomic E-state index is -0.144. The molecule has 0 bridgehead atoms. The maximum absolute atomic E-state index is 13.2. The van der Waals surface area contributed by atoms with E-state index in [4.69, 9.17) is 0 Å². The van der Waals surface area contributed by atoms with Crippen LogP contribution in [0.3, 0.4) is 0 Å². The van der Waals surface area contributed by atoms with Crippen LogP contribution < -0.4 is 5.32 Å². The van der Waals surface area contributed by atoms with Crippen molar-refractivity contribution in [2.45, 2.75) is 46.2 Å². The summed E-state index contributed by atoms with van der Waals surface area (Å²) in [6.07, 6.45) is 0.973. The fourth-order valence-electron chi connectivity index (χ4n) is 1.82. The SMILES string of the molecule is CCC(NC(C)C)c1cc(C)cc(F)c1. The number of rotatable bonds is 4. The van der Waals surface area contributed by atoms with Crippen molar-refractivity contribution in [2.24, 2.45) is 0 Å². The molecule has 15 heavy (non-hydrogen) atoms. The van der Waals surface area contributed by atoms with Gasteiger partial charge in [0.05, 0.1) is 0 Å². The third-order valence-corrected chi connectivity index (χ3v) is 2.41. The normalized spacial score (nSPS) is 13.2. The van der Waals surface area contributed by atoms with Crippen molar-refractivity contribution < 1.29 is 4.39 Å². The number of aryl methyl sites for hydroxylation is 1. The number of nitrogens with one attached hydrogen (secondary N) is 1. The molecule has 0 heterocycles. The Morgan fingerprint density at radius 2 is 1.93 bits per heavy atom. The van der Waals surface area contributed by atoms with E-state index in [1.54, 1.807) is 12.1 Å². The highest BCUT2D eigenvalue weighted by molar-refractivity contribution is 5.26. The second-order valence-electron chi connectivity index (χ2n) is 4.34. The molecule has 1 aromatic rings. The first-order chi connectivity index (χ1) is 7.02. The summed E-state index contributed by atoms with van der Waals surface area (Å²) >= 11 is 0. The summed E-state index contributed by atoms with van der Waals surface area (Å²) in [6.45, 7) is 8.25. The van der Waals surface area contributed by atoms with Crippen molar-refractivity contribution in [2.75, 3.05) is 0 Å². The Morgan fingerprint density at radius 1 is 1.27 bits per heavy atom. The molecule has 2 heteroatoms. The minimum absolute atomic E-state index is 0.144. The molecule has 1 unspecified atom stereocenters. The second kappa shape index (κ2) is 5.26. The zero-order chi connectivity index (χ0) is 11.4. The Hall–Kier alpha value is -0.890. The molecule has 0 aliphatic rings. The maximum Gasteiger partial charge on any atom is 0.123 e. The van der Waals surface area contributed by atoms with Crippen molar-refractivity contribution in [1.29, 1.82) is 0 Å². The summed E-state index contributed by atoms with van der Waals surface area (Å²) in [5.41, 5.74) is 2.03. The van der Waals surface area contributed by atoms with Crippen molar-refractivity contribution in [3.05, 3.63) is 35.1 Å². The lowest BCUT2D eigenvalue weighted by Crippen LogP contribution is -2.27. The van der Waals surface area contributed by atoms with E-state index in [0.717, 1.165) is 17.5 Å². The fraction of sp³-hybridized carbons (Fsp3) is 0.538. The molecule has 0 aromatic heterocycles. The van der Waals surface area contributed by atoms with E-state index in [9.17, 15) is 4.39 Å². The average molecular weight is 209 g/mol. The van der Waals surface area contributed by atoms with Gasteiger partial charge in [-0.1, -0.05) is 26.8 Å². The van der Waals surface area contributed by atoms with E-state index in [2.05, 4.69) is 26.1 Å². The molecule has 0 saturated carbocycles. The molecular formula is C13H20FN. The number of hydrogen-bond acceptors (Lipinski definition) is 1. The van der Waals surface area contributed by atoms with Gasteiger partial charge in [-0.2, -0.15) is 0 Å². The summed E-state index contributed by atoms with van der Waals surface area (Å²) in [4.78, 5) is 0. The molecule has 1 atom stereocenters. The summed E-state index contributed by atoms with van der Waals surface area (Å²) in [7, 11) is 0. The van der Waals surface area contributed by atoms with Crippen molar-refractivity contribution >= 4 is 0 Å². The highest BCUT2D eigenvalue weighted by Gasteiger charge is 2.11. The van der Waals surface area contributed by atoms with Crippen LogP contribution in [0, 0.1) is 12.7 Å². The standard InChI is InChI=1S/C13H20FN/c1-5-13(15-9(2)3)11-6-10(4)7-12(14)8-11/h6-9,13,15H,5H2,1-4H3. The molecule has 0 aliphatic heterocycles. The van der Waals surface area contributed by atoms with Gasteiger partial charge in [-0.25, -0.2) is 4.39 Å². The number of halogens is 1. The lowest BCUT2D eigenvalue weighted by molar-refractivity contribution is 0.464. The van der Waals surface area contributed by atoms with Gasteiger partial charge in [0.2, 0.25) is 0 Å². The van der Waals surface area contributed by atoms with E-state index in [0.29, 0.717) is 6.04 Å². The first-order valence-electron chi connectivity index (χ1n) is 5.56. The van der Waals surface area contributed by atoms with Crippen LogP contribution in [0.1, 0.15) is 44.4 Å². The summed E-state index contributed by atoms with van der Waals surface area (Å²) < 4.78 is 13.2. The summed E-state index contributed by atoms with van der Waals surface area (Å²) in [6, 6.07) is 5.90. The topological polar surface area (TPSA) is 12.0 Å². The van der Waals surface area contributed by atoms with E-state index in [1.807, 2.05) is 13.0 Å². The van der Waals surface area contributed by atoms with Crippen LogP contribution in [0.2, 0.25) is 0 Å². The molecule has 1 aromatic carbocycles. The highest BCUT2D eigenvalue weighted by atomic mass is 19.1. The van der Waals surface area contributed by atoms with Crippen LogP contribution in [0.25, 0.3) is 0 Å². The van der Waals surface area contributed by atoms with Gasteiger partial charge in [0.25, 0.3) is 0 Å². The third-order valence-electron chi connectivity index (χ3n) is 2.41. The molecule has 0 saturated heterocycles. The van der Waals surface area contributed by atoms with Gasteiger partial charge in [0.15, 0.2) is 0 Å². The molecule has 0 spiro atoms. The van der Waals surface area contributed by atoms with Crippen molar-refractivity contribution in [3.63, 3.8) is 0 Å². The van der Waals surface area contributed by atoms with Crippen LogP contribution >= 0.6 is 0 Å². The van der Waals surface area contributed by atoms with Crippen LogP contribution in [0.4, 0.5) is 4.39 Å². The molecular weight excluding hydrogens is 189 g/mol. The summed E-state index contributed by atoms with van der Waals surface area (Å²) in [5, 5.41) is 3.43. The molecule has 1 nitrogen and oxygen atoms in total. The van der Waals surface area contributed by atoms with Gasteiger partial charge in [-0.05, 0) is 36.6 Å². The Morgan fingerprint density at radius 3 is 2.40 bits per heavy atom. The number of benzene rings is 1. The van der Waals surface area contributed by atoms with Gasteiger partial charge in [-0.3, -0.25) is 0 Å². The summed E-state index contributed by atoms with van der Waals surface area (Å²) in [5.74, 6) is -0.144. The third kappa shape index (κ3) is 3.63. The molecule has 1 rings (SSSR count). The molecule has 0 amide bonds. The predicted octanol–water partition coefficient (Wildman–Crippen LogP) is 3.58. The Kier molecular flexibility index (Phi) is 4.28. The smallest absolute Gasteiger partial charge is 0.123 e. The van der Waals surface area contributed by atoms with Gasteiger partial charge >= 0.3 is 0 Å². The molecule has 0 fully saturated rings. The first-order valence-corrected chi connectivity index (χ1v) is 5.56. The Balaban J connectivity index is 2.91. The van der Waals surface area contributed by atoms with Gasteiger partial charge < -0.3 is 5.32 Å². The average Bonchev–Trinajstić information content (AvgIpc) is 2.12. The Bertz CT molecular complexity index is 300. The van der Waals surface area contributed by atoms with Crippen molar-refractivity contribution in [3.8, 4) is 0 Å². The van der Waals surface area contributed by atoms with Gasteiger partial charge in [0.1, 0.15) is 5.82 Å². The van der Waals surface area contributed by atoms with Crippen molar-refractivity contribution in [1.82, 2.24) is 5.32 Å². The lowest BCUT2D eigenvalue weighted by atomic mass is 10.0. The lowest BCUT2D eigenvalue weighted by Gasteiger charge is -2.20. The fourth-order valence-corrected chi connectivity index (χ4v) is 1.82.